The van der Waals surface area contributed by atoms with Crippen molar-refractivity contribution in [3.05, 3.63) is 35.4 Å². The number of benzene rings is 1. The van der Waals surface area contributed by atoms with Gasteiger partial charge in [0.2, 0.25) is 0 Å². The van der Waals surface area contributed by atoms with E-state index in [-0.39, 0.29) is 0 Å². The summed E-state index contributed by atoms with van der Waals surface area (Å²) in [5.41, 5.74) is 0.281. The zero-order valence-corrected chi connectivity index (χ0v) is 12.1. The fraction of sp³-hybridized carbons (Fsp3) is 0.600. The Labute approximate surface area is 119 Å². The average Bonchev–Trinajstić information content (AvgIpc) is 2.42. The van der Waals surface area contributed by atoms with Crippen LogP contribution in [0.15, 0.2) is 24.3 Å². The molecule has 1 aromatic carbocycles. The van der Waals surface area contributed by atoms with Crippen molar-refractivity contribution in [3.63, 3.8) is 0 Å². The normalized spacial score (nSPS) is 12.1. The Morgan fingerprint density at radius 2 is 1.65 bits per heavy atom. The molecule has 0 heterocycles. The summed E-state index contributed by atoms with van der Waals surface area (Å²) in [6.07, 6.45) is -3.21. The summed E-state index contributed by atoms with van der Waals surface area (Å²) in [7, 11) is 0. The Kier molecular flexibility index (Phi) is 7.02. The number of alkyl halides is 3. The molecule has 0 radical (unpaired) electrons. The maximum absolute atomic E-state index is 12.4. The lowest BCUT2D eigenvalue weighted by Gasteiger charge is -2.17. The van der Waals surface area contributed by atoms with Crippen LogP contribution < -0.4 is 5.32 Å². The smallest absolute Gasteiger partial charge is 0.313 e. The van der Waals surface area contributed by atoms with Crippen molar-refractivity contribution < 1.29 is 13.2 Å². The Hall–Kier alpha value is -1.07. The highest BCUT2D eigenvalue weighted by Gasteiger charge is 2.29. The van der Waals surface area contributed by atoms with Crippen LogP contribution in [0.5, 0.6) is 0 Å². The van der Waals surface area contributed by atoms with Crippen molar-refractivity contribution >= 4 is 0 Å². The quantitative estimate of drug-likeness (QED) is 0.736. The molecule has 20 heavy (non-hydrogen) atoms. The molecule has 0 unspecified atom stereocenters. The molecule has 1 N–H and O–H groups in total. The number of rotatable bonds is 8. The van der Waals surface area contributed by atoms with E-state index < -0.39 is 11.7 Å². The van der Waals surface area contributed by atoms with Gasteiger partial charge in [0.25, 0.3) is 0 Å². The monoisotopic (exact) mass is 288 g/mol. The molecular weight excluding hydrogens is 265 g/mol. The standard InChI is InChI=1S/C15H23F3N2/c1-3-20(4-2)11-5-10-19-12-13-6-8-14(9-7-13)15(16,17)18/h6-9,19H,3-5,10-12H2,1-2H3. The molecule has 0 aliphatic heterocycles. The predicted molar refractivity (Wildman–Crippen MR) is 75.6 cm³/mol. The van der Waals surface area contributed by atoms with Crippen LogP contribution in [-0.2, 0) is 12.7 Å². The summed E-state index contributed by atoms with van der Waals surface area (Å²) in [5.74, 6) is 0. The first-order chi connectivity index (χ1) is 9.47. The molecule has 0 amide bonds. The summed E-state index contributed by atoms with van der Waals surface area (Å²) >= 11 is 0. The van der Waals surface area contributed by atoms with E-state index in [1.807, 2.05) is 0 Å². The van der Waals surface area contributed by atoms with E-state index in [0.29, 0.717) is 6.54 Å². The van der Waals surface area contributed by atoms with Crippen LogP contribution in [0, 0.1) is 0 Å². The molecule has 0 saturated heterocycles. The van der Waals surface area contributed by atoms with Gasteiger partial charge in [-0.1, -0.05) is 26.0 Å². The second kappa shape index (κ2) is 8.27. The molecular formula is C15H23F3N2. The topological polar surface area (TPSA) is 15.3 Å². The Bertz CT molecular complexity index is 370. The van der Waals surface area contributed by atoms with Crippen molar-refractivity contribution in [1.29, 1.82) is 0 Å². The summed E-state index contributed by atoms with van der Waals surface area (Å²) in [6, 6.07) is 5.32. The predicted octanol–water partition coefficient (Wildman–Crippen LogP) is 3.53. The maximum Gasteiger partial charge on any atom is 0.416 e. The van der Waals surface area contributed by atoms with Gasteiger partial charge in [-0.05, 0) is 50.3 Å². The number of hydrogen-bond donors (Lipinski definition) is 1. The van der Waals surface area contributed by atoms with Crippen molar-refractivity contribution in [2.24, 2.45) is 0 Å². The number of halogens is 3. The minimum absolute atomic E-state index is 0.595. The van der Waals surface area contributed by atoms with Crippen molar-refractivity contribution in [2.45, 2.75) is 33.0 Å². The largest absolute Gasteiger partial charge is 0.416 e. The van der Waals surface area contributed by atoms with Crippen LogP contribution in [-0.4, -0.2) is 31.1 Å². The molecule has 2 nitrogen and oxygen atoms in total. The fourth-order valence-corrected chi connectivity index (χ4v) is 2.01. The van der Waals surface area contributed by atoms with Gasteiger partial charge >= 0.3 is 6.18 Å². The van der Waals surface area contributed by atoms with Gasteiger partial charge in [0.05, 0.1) is 5.56 Å². The molecule has 5 heteroatoms. The van der Waals surface area contributed by atoms with Crippen LogP contribution in [0.4, 0.5) is 13.2 Å². The lowest BCUT2D eigenvalue weighted by molar-refractivity contribution is -0.137. The third-order valence-electron chi connectivity index (χ3n) is 3.33. The van der Waals surface area contributed by atoms with Crippen LogP contribution >= 0.6 is 0 Å². The highest BCUT2D eigenvalue weighted by atomic mass is 19.4. The first-order valence-electron chi connectivity index (χ1n) is 7.06. The average molecular weight is 288 g/mol. The second-order valence-corrected chi connectivity index (χ2v) is 4.75. The van der Waals surface area contributed by atoms with E-state index in [0.717, 1.165) is 50.3 Å². The van der Waals surface area contributed by atoms with Crippen LogP contribution in [0.25, 0.3) is 0 Å². The molecule has 0 aliphatic rings. The third kappa shape index (κ3) is 5.92. The van der Waals surface area contributed by atoms with Crippen LogP contribution in [0.2, 0.25) is 0 Å². The van der Waals surface area contributed by atoms with Gasteiger partial charge in [-0.3, -0.25) is 0 Å². The van der Waals surface area contributed by atoms with Gasteiger partial charge in [0.1, 0.15) is 0 Å². The SMILES string of the molecule is CCN(CC)CCCNCc1ccc(C(F)(F)F)cc1. The molecule has 0 fully saturated rings. The Morgan fingerprint density at radius 1 is 1.05 bits per heavy atom. The van der Waals surface area contributed by atoms with E-state index >= 15 is 0 Å². The van der Waals surface area contributed by atoms with Crippen molar-refractivity contribution in [2.75, 3.05) is 26.2 Å². The highest BCUT2D eigenvalue weighted by Crippen LogP contribution is 2.28. The van der Waals surface area contributed by atoms with Crippen molar-refractivity contribution in [3.8, 4) is 0 Å². The van der Waals surface area contributed by atoms with E-state index in [9.17, 15) is 13.2 Å². The Balaban J connectivity index is 2.26. The number of hydrogen-bond acceptors (Lipinski definition) is 2. The van der Waals surface area contributed by atoms with Gasteiger partial charge < -0.3 is 10.2 Å². The van der Waals surface area contributed by atoms with Gasteiger partial charge in [-0.2, -0.15) is 13.2 Å². The lowest BCUT2D eigenvalue weighted by Crippen LogP contribution is -2.27. The molecule has 114 valence electrons. The molecule has 0 spiro atoms. The second-order valence-electron chi connectivity index (χ2n) is 4.75. The summed E-state index contributed by atoms with van der Waals surface area (Å²) in [4.78, 5) is 2.35. The number of nitrogens with zero attached hydrogens (tertiary/aromatic N) is 1. The molecule has 0 aliphatic carbocycles. The van der Waals surface area contributed by atoms with Gasteiger partial charge in [-0.15, -0.1) is 0 Å². The minimum atomic E-state index is -4.25. The van der Waals surface area contributed by atoms with Crippen LogP contribution in [0.3, 0.4) is 0 Å². The molecule has 0 saturated carbocycles. The molecule has 1 rings (SSSR count). The zero-order valence-electron chi connectivity index (χ0n) is 12.1. The number of nitrogens with one attached hydrogen (secondary N) is 1. The summed E-state index contributed by atoms with van der Waals surface area (Å²) in [6.45, 7) is 8.91. The van der Waals surface area contributed by atoms with Gasteiger partial charge in [0, 0.05) is 6.54 Å². The Morgan fingerprint density at radius 3 is 2.15 bits per heavy atom. The maximum atomic E-state index is 12.4. The van der Waals surface area contributed by atoms with E-state index in [1.165, 1.54) is 12.1 Å². The first kappa shape index (κ1) is 17.0. The lowest BCUT2D eigenvalue weighted by atomic mass is 10.1. The summed E-state index contributed by atoms with van der Waals surface area (Å²) < 4.78 is 37.2. The highest BCUT2D eigenvalue weighted by molar-refractivity contribution is 5.24. The van der Waals surface area contributed by atoms with Gasteiger partial charge in [-0.25, -0.2) is 0 Å². The van der Waals surface area contributed by atoms with E-state index in [1.54, 1.807) is 0 Å². The molecule has 0 atom stereocenters. The molecule has 1 aromatic rings. The van der Waals surface area contributed by atoms with Gasteiger partial charge in [0.15, 0.2) is 0 Å². The van der Waals surface area contributed by atoms with E-state index in [4.69, 9.17) is 0 Å². The van der Waals surface area contributed by atoms with E-state index in [2.05, 4.69) is 24.1 Å². The zero-order chi connectivity index (χ0) is 15.0. The molecule has 0 bridgehead atoms. The van der Waals surface area contributed by atoms with Crippen LogP contribution in [0.1, 0.15) is 31.4 Å². The molecule has 0 aromatic heterocycles. The summed E-state index contributed by atoms with van der Waals surface area (Å²) in [5, 5.41) is 3.26. The fourth-order valence-electron chi connectivity index (χ4n) is 2.01. The van der Waals surface area contributed by atoms with Crippen molar-refractivity contribution in [1.82, 2.24) is 10.2 Å². The third-order valence-corrected chi connectivity index (χ3v) is 3.33. The minimum Gasteiger partial charge on any atom is -0.313 e. The first-order valence-corrected chi connectivity index (χ1v) is 7.06.